The molecule has 0 unspecified atom stereocenters. The Bertz CT molecular complexity index is 551. The number of non-ortho nitro benzene ring substituents is 1. The Kier molecular flexibility index (Phi) is 4.94. The van der Waals surface area contributed by atoms with Crippen molar-refractivity contribution in [2.24, 2.45) is 0 Å². The number of hydrogen-bond donors (Lipinski definition) is 5. The van der Waals surface area contributed by atoms with Crippen molar-refractivity contribution in [2.45, 2.75) is 37.6 Å². The summed E-state index contributed by atoms with van der Waals surface area (Å²) in [6.45, 7) is 1.16. The number of aliphatic hydroxyl groups is 4. The molecular formula is C13H18N2O7. The molecule has 0 radical (unpaired) electrons. The second-order valence-electron chi connectivity index (χ2n) is 5.15. The van der Waals surface area contributed by atoms with Crippen LogP contribution in [0.2, 0.25) is 0 Å². The maximum Gasteiger partial charge on any atom is 0.271 e. The zero-order chi connectivity index (χ0) is 16.4. The van der Waals surface area contributed by atoms with Crippen LogP contribution in [0.5, 0.6) is 0 Å². The van der Waals surface area contributed by atoms with Gasteiger partial charge in [-0.05, 0) is 12.5 Å². The lowest BCUT2D eigenvalue weighted by atomic mass is 9.98. The molecule has 0 spiro atoms. The highest BCUT2D eigenvalue weighted by Crippen LogP contribution is 2.27. The SMILES string of the molecule is Cc1ccc([N+](=O)[O-])cc1N[C@@H]1O[C@H](CO)[C@H](O)[C@@H](O)[C@H]1O. The summed E-state index contributed by atoms with van der Waals surface area (Å²) in [4.78, 5) is 10.2. The molecule has 9 heteroatoms. The van der Waals surface area contributed by atoms with Gasteiger partial charge in [-0.3, -0.25) is 10.1 Å². The molecule has 1 fully saturated rings. The minimum absolute atomic E-state index is 0.141. The lowest BCUT2D eigenvalue weighted by molar-refractivity contribution is -0.384. The van der Waals surface area contributed by atoms with E-state index in [1.54, 1.807) is 6.92 Å². The molecule has 5 N–H and O–H groups in total. The number of nitrogens with zero attached hydrogens (tertiary/aromatic N) is 1. The second-order valence-corrected chi connectivity index (χ2v) is 5.15. The standard InChI is InChI=1S/C13H18N2O7/c1-6-2-3-7(15(20)21)4-8(6)14-13-12(19)11(18)10(17)9(5-16)22-13/h2-4,9-14,16-19H,5H2,1H3/t9-,10+,11-,12-,13-/m1/s1. The molecule has 2 rings (SSSR count). The third kappa shape index (κ3) is 3.18. The van der Waals surface area contributed by atoms with Gasteiger partial charge in [-0.2, -0.15) is 0 Å². The van der Waals surface area contributed by atoms with Gasteiger partial charge in [0.25, 0.3) is 5.69 Å². The number of benzene rings is 1. The van der Waals surface area contributed by atoms with Gasteiger partial charge in [0.05, 0.1) is 11.5 Å². The number of hydrogen-bond acceptors (Lipinski definition) is 8. The average Bonchev–Trinajstić information content (AvgIpc) is 2.49. The molecule has 1 aliphatic rings. The fourth-order valence-electron chi connectivity index (χ4n) is 2.25. The smallest absolute Gasteiger partial charge is 0.271 e. The van der Waals surface area contributed by atoms with E-state index in [0.717, 1.165) is 0 Å². The summed E-state index contributed by atoms with van der Waals surface area (Å²) < 4.78 is 5.30. The molecule has 5 atom stereocenters. The van der Waals surface area contributed by atoms with Crippen molar-refractivity contribution >= 4 is 11.4 Å². The van der Waals surface area contributed by atoms with Gasteiger partial charge in [0, 0.05) is 17.8 Å². The third-order valence-electron chi connectivity index (χ3n) is 3.62. The van der Waals surface area contributed by atoms with Crippen molar-refractivity contribution in [1.29, 1.82) is 0 Å². The first-order valence-corrected chi connectivity index (χ1v) is 6.67. The van der Waals surface area contributed by atoms with Crippen LogP contribution in [0.4, 0.5) is 11.4 Å². The molecule has 0 saturated carbocycles. The molecule has 1 aromatic carbocycles. The number of ether oxygens (including phenoxy) is 1. The third-order valence-corrected chi connectivity index (χ3v) is 3.62. The topological polar surface area (TPSA) is 145 Å². The molecule has 0 bridgehead atoms. The second kappa shape index (κ2) is 6.55. The largest absolute Gasteiger partial charge is 0.394 e. The van der Waals surface area contributed by atoms with Gasteiger partial charge < -0.3 is 30.5 Å². The van der Waals surface area contributed by atoms with Crippen LogP contribution in [0.1, 0.15) is 5.56 Å². The highest BCUT2D eigenvalue weighted by atomic mass is 16.6. The highest BCUT2D eigenvalue weighted by molar-refractivity contribution is 5.57. The van der Waals surface area contributed by atoms with Gasteiger partial charge in [0.2, 0.25) is 0 Å². The van der Waals surface area contributed by atoms with Crippen molar-refractivity contribution in [2.75, 3.05) is 11.9 Å². The minimum atomic E-state index is -1.51. The van der Waals surface area contributed by atoms with Crippen LogP contribution in [-0.4, -0.2) is 62.6 Å². The van der Waals surface area contributed by atoms with E-state index < -0.39 is 42.2 Å². The minimum Gasteiger partial charge on any atom is -0.394 e. The van der Waals surface area contributed by atoms with Gasteiger partial charge in [0.1, 0.15) is 24.4 Å². The van der Waals surface area contributed by atoms with Crippen LogP contribution in [0, 0.1) is 17.0 Å². The van der Waals surface area contributed by atoms with Gasteiger partial charge in [0.15, 0.2) is 6.23 Å². The molecule has 0 aromatic heterocycles. The number of anilines is 1. The van der Waals surface area contributed by atoms with Crippen molar-refractivity contribution in [1.82, 2.24) is 0 Å². The van der Waals surface area contributed by atoms with Crippen LogP contribution < -0.4 is 5.32 Å². The molecule has 1 aromatic rings. The Labute approximate surface area is 125 Å². The summed E-state index contributed by atoms with van der Waals surface area (Å²) in [6, 6.07) is 4.15. The quantitative estimate of drug-likeness (QED) is 0.355. The Morgan fingerprint density at radius 3 is 2.55 bits per heavy atom. The predicted molar refractivity (Wildman–Crippen MR) is 75.2 cm³/mol. The van der Waals surface area contributed by atoms with E-state index >= 15 is 0 Å². The first-order chi connectivity index (χ1) is 10.3. The van der Waals surface area contributed by atoms with Gasteiger partial charge in [-0.25, -0.2) is 0 Å². The van der Waals surface area contributed by atoms with Gasteiger partial charge >= 0.3 is 0 Å². The van der Waals surface area contributed by atoms with Crippen LogP contribution in [0.15, 0.2) is 18.2 Å². The van der Waals surface area contributed by atoms with Crippen molar-refractivity contribution < 1.29 is 30.1 Å². The number of nitro benzene ring substituents is 1. The van der Waals surface area contributed by atoms with E-state index in [9.17, 15) is 25.4 Å². The van der Waals surface area contributed by atoms with Gasteiger partial charge in [-0.1, -0.05) is 6.07 Å². The number of aliphatic hydroxyl groups excluding tert-OH is 4. The lowest BCUT2D eigenvalue weighted by Gasteiger charge is -2.40. The molecule has 1 heterocycles. The summed E-state index contributed by atoms with van der Waals surface area (Å²) in [5.74, 6) is 0. The summed E-state index contributed by atoms with van der Waals surface area (Å²) in [7, 11) is 0. The molecule has 9 nitrogen and oxygen atoms in total. The Hall–Kier alpha value is -1.78. The molecule has 0 aliphatic carbocycles. The van der Waals surface area contributed by atoms with E-state index in [1.165, 1.54) is 18.2 Å². The van der Waals surface area contributed by atoms with E-state index in [4.69, 9.17) is 9.84 Å². The van der Waals surface area contributed by atoms with Crippen molar-refractivity contribution in [3.05, 3.63) is 33.9 Å². The lowest BCUT2D eigenvalue weighted by Crippen LogP contribution is -2.60. The molecular weight excluding hydrogens is 296 g/mol. The van der Waals surface area contributed by atoms with Gasteiger partial charge in [-0.15, -0.1) is 0 Å². The molecule has 1 aliphatic heterocycles. The average molecular weight is 314 g/mol. The number of aryl methyl sites for hydroxylation is 1. The fraction of sp³-hybridized carbons (Fsp3) is 0.538. The van der Waals surface area contributed by atoms with Crippen molar-refractivity contribution in [3.8, 4) is 0 Å². The summed E-state index contributed by atoms with van der Waals surface area (Å²) in [6.07, 6.45) is -6.60. The number of nitrogens with one attached hydrogen (secondary N) is 1. The monoisotopic (exact) mass is 314 g/mol. The van der Waals surface area contributed by atoms with E-state index in [1.807, 2.05) is 0 Å². The Morgan fingerprint density at radius 1 is 1.27 bits per heavy atom. The van der Waals surface area contributed by atoms with E-state index in [2.05, 4.69) is 5.32 Å². The molecule has 122 valence electrons. The van der Waals surface area contributed by atoms with E-state index in [-0.39, 0.29) is 5.69 Å². The summed E-state index contributed by atoms with van der Waals surface area (Å²) >= 11 is 0. The van der Waals surface area contributed by atoms with Crippen LogP contribution in [0.3, 0.4) is 0 Å². The first kappa shape index (κ1) is 16.6. The molecule has 1 saturated heterocycles. The maximum atomic E-state index is 10.8. The summed E-state index contributed by atoms with van der Waals surface area (Å²) in [5, 5.41) is 52.0. The molecule has 0 amide bonds. The molecule has 22 heavy (non-hydrogen) atoms. The van der Waals surface area contributed by atoms with E-state index in [0.29, 0.717) is 11.3 Å². The Balaban J connectivity index is 2.22. The predicted octanol–water partition coefficient (Wildman–Crippen LogP) is -0.885. The number of nitro groups is 1. The Morgan fingerprint density at radius 2 is 1.95 bits per heavy atom. The van der Waals surface area contributed by atoms with Crippen molar-refractivity contribution in [3.63, 3.8) is 0 Å². The number of rotatable bonds is 4. The fourth-order valence-corrected chi connectivity index (χ4v) is 2.25. The highest BCUT2D eigenvalue weighted by Gasteiger charge is 2.43. The van der Waals surface area contributed by atoms with Crippen LogP contribution in [-0.2, 0) is 4.74 Å². The zero-order valence-corrected chi connectivity index (χ0v) is 11.8. The summed E-state index contributed by atoms with van der Waals surface area (Å²) in [5.41, 5.74) is 0.874. The normalized spacial score (nSPS) is 31.8. The van der Waals surface area contributed by atoms with Crippen LogP contribution >= 0.6 is 0 Å². The first-order valence-electron chi connectivity index (χ1n) is 6.67. The van der Waals surface area contributed by atoms with Crippen LogP contribution in [0.25, 0.3) is 0 Å². The zero-order valence-electron chi connectivity index (χ0n) is 11.8. The maximum absolute atomic E-state index is 10.8.